The Morgan fingerprint density at radius 3 is 2.61 bits per heavy atom. The number of benzene rings is 1. The fourth-order valence-corrected chi connectivity index (χ4v) is 4.75. The van der Waals surface area contributed by atoms with Crippen molar-refractivity contribution in [1.29, 1.82) is 0 Å². The quantitative estimate of drug-likeness (QED) is 0.761. The molecular weight excluding hydrogens is 336 g/mol. The molecule has 1 aliphatic heterocycles. The fraction of sp³-hybridized carbons (Fsp3) is 0.600. The van der Waals surface area contributed by atoms with E-state index in [-0.39, 0.29) is 15.5 Å². The van der Waals surface area contributed by atoms with Gasteiger partial charge in [0, 0.05) is 6.54 Å². The van der Waals surface area contributed by atoms with Crippen LogP contribution in [-0.2, 0) is 19.9 Å². The summed E-state index contributed by atoms with van der Waals surface area (Å²) in [5.41, 5.74) is 0. The van der Waals surface area contributed by atoms with Gasteiger partial charge < -0.3 is 5.32 Å². The Kier molecular flexibility index (Phi) is 6.19. The van der Waals surface area contributed by atoms with Crippen LogP contribution < -0.4 is 10.0 Å². The van der Waals surface area contributed by atoms with Crippen LogP contribution in [0.3, 0.4) is 0 Å². The number of hydrogen-bond donors (Lipinski definition) is 2. The lowest BCUT2D eigenvalue weighted by atomic mass is 9.96. The summed E-state index contributed by atoms with van der Waals surface area (Å²) in [6.07, 6.45) is 3.01. The molecule has 0 saturated carbocycles. The van der Waals surface area contributed by atoms with Crippen LogP contribution in [0.25, 0.3) is 0 Å². The highest BCUT2D eigenvalue weighted by Gasteiger charge is 2.19. The molecule has 1 aromatic carbocycles. The smallest absolute Gasteiger partial charge is 0.240 e. The molecule has 0 bridgehead atoms. The predicted molar refractivity (Wildman–Crippen MR) is 89.6 cm³/mol. The highest BCUT2D eigenvalue weighted by molar-refractivity contribution is 7.91. The Morgan fingerprint density at radius 2 is 1.96 bits per heavy atom. The molecule has 1 atom stereocenters. The molecule has 6 nitrogen and oxygen atoms in total. The van der Waals surface area contributed by atoms with Gasteiger partial charge in [-0.1, -0.05) is 13.0 Å². The third kappa shape index (κ3) is 5.00. The van der Waals surface area contributed by atoms with Gasteiger partial charge in [-0.05, 0) is 56.5 Å². The first kappa shape index (κ1) is 18.4. The van der Waals surface area contributed by atoms with E-state index in [9.17, 15) is 16.8 Å². The average Bonchev–Trinajstić information content (AvgIpc) is 2.56. The van der Waals surface area contributed by atoms with Gasteiger partial charge in [0.1, 0.15) is 0 Å². The molecule has 1 saturated heterocycles. The Morgan fingerprint density at radius 1 is 1.22 bits per heavy atom. The summed E-state index contributed by atoms with van der Waals surface area (Å²) in [4.78, 5) is 0.0353. The normalized spacial score (nSPS) is 19.6. The molecule has 0 aliphatic carbocycles. The molecule has 1 aromatic rings. The second-order valence-electron chi connectivity index (χ2n) is 5.78. The first-order chi connectivity index (χ1) is 10.8. The molecule has 0 spiro atoms. The minimum atomic E-state index is -3.69. The van der Waals surface area contributed by atoms with Crippen molar-refractivity contribution < 1.29 is 16.8 Å². The lowest BCUT2D eigenvalue weighted by Crippen LogP contribution is -2.33. The maximum Gasteiger partial charge on any atom is 0.240 e. The summed E-state index contributed by atoms with van der Waals surface area (Å²) < 4.78 is 51.0. The molecule has 130 valence electrons. The van der Waals surface area contributed by atoms with Crippen LogP contribution in [0.1, 0.15) is 26.2 Å². The lowest BCUT2D eigenvalue weighted by Gasteiger charge is -2.22. The van der Waals surface area contributed by atoms with Crippen LogP contribution in [0.5, 0.6) is 0 Å². The van der Waals surface area contributed by atoms with E-state index in [0.717, 1.165) is 32.4 Å². The molecule has 0 radical (unpaired) electrons. The molecule has 2 N–H and O–H groups in total. The number of sulfone groups is 1. The maximum atomic E-state index is 12.3. The Bertz CT molecular complexity index is 724. The van der Waals surface area contributed by atoms with E-state index in [1.165, 1.54) is 31.2 Å². The van der Waals surface area contributed by atoms with E-state index in [1.807, 2.05) is 0 Å². The van der Waals surface area contributed by atoms with Crippen molar-refractivity contribution in [3.63, 3.8) is 0 Å². The summed E-state index contributed by atoms with van der Waals surface area (Å²) >= 11 is 0. The van der Waals surface area contributed by atoms with Crippen LogP contribution in [0, 0.1) is 5.92 Å². The third-order valence-corrected chi connectivity index (χ3v) is 7.29. The molecule has 1 unspecified atom stereocenters. The second-order valence-corrected chi connectivity index (χ2v) is 9.82. The highest BCUT2D eigenvalue weighted by atomic mass is 32.2. The highest BCUT2D eigenvalue weighted by Crippen LogP contribution is 2.18. The monoisotopic (exact) mass is 360 g/mol. The van der Waals surface area contributed by atoms with E-state index in [4.69, 9.17) is 0 Å². The van der Waals surface area contributed by atoms with E-state index in [2.05, 4.69) is 10.0 Å². The largest absolute Gasteiger partial charge is 0.316 e. The summed E-state index contributed by atoms with van der Waals surface area (Å²) in [6.45, 7) is 3.85. The lowest BCUT2D eigenvalue weighted by molar-refractivity contribution is 0.358. The second kappa shape index (κ2) is 7.74. The van der Waals surface area contributed by atoms with Crippen LogP contribution in [0.15, 0.2) is 34.1 Å². The van der Waals surface area contributed by atoms with Gasteiger partial charge in [0.05, 0.1) is 15.5 Å². The van der Waals surface area contributed by atoms with Gasteiger partial charge in [-0.2, -0.15) is 0 Å². The standard InChI is InChI=1S/C15H24N2O4S2/c1-2-22(18,19)14-6-3-7-15(11-14)23(20,21)17-10-8-13-5-4-9-16-12-13/h3,6-7,11,13,16-17H,2,4-5,8-10,12H2,1H3. The number of sulfonamides is 1. The van der Waals surface area contributed by atoms with Crippen molar-refractivity contribution in [3.8, 4) is 0 Å². The molecular formula is C15H24N2O4S2. The van der Waals surface area contributed by atoms with E-state index in [1.54, 1.807) is 0 Å². The van der Waals surface area contributed by atoms with Gasteiger partial charge in [0.25, 0.3) is 0 Å². The summed E-state index contributed by atoms with van der Waals surface area (Å²) in [5, 5.41) is 3.30. The minimum absolute atomic E-state index is 0.00575. The van der Waals surface area contributed by atoms with Crippen molar-refractivity contribution >= 4 is 19.9 Å². The van der Waals surface area contributed by atoms with Crippen LogP contribution in [0.2, 0.25) is 0 Å². The van der Waals surface area contributed by atoms with E-state index >= 15 is 0 Å². The SMILES string of the molecule is CCS(=O)(=O)c1cccc(S(=O)(=O)NCCC2CCCNC2)c1. The van der Waals surface area contributed by atoms with Gasteiger partial charge in [0.2, 0.25) is 10.0 Å². The topological polar surface area (TPSA) is 92.3 Å². The Balaban J connectivity index is 2.03. The summed E-state index contributed by atoms with van der Waals surface area (Å²) in [7, 11) is -7.11. The van der Waals surface area contributed by atoms with Gasteiger partial charge in [0.15, 0.2) is 9.84 Å². The molecule has 1 aliphatic rings. The van der Waals surface area contributed by atoms with Crippen LogP contribution in [-0.4, -0.2) is 42.2 Å². The van der Waals surface area contributed by atoms with Crippen molar-refractivity contribution in [2.75, 3.05) is 25.4 Å². The van der Waals surface area contributed by atoms with Gasteiger partial charge in [-0.15, -0.1) is 0 Å². The summed E-state index contributed by atoms with van der Waals surface area (Å²) in [5.74, 6) is 0.428. The molecule has 23 heavy (non-hydrogen) atoms. The van der Waals surface area contributed by atoms with Crippen molar-refractivity contribution in [1.82, 2.24) is 10.0 Å². The average molecular weight is 361 g/mol. The van der Waals surface area contributed by atoms with Crippen molar-refractivity contribution in [3.05, 3.63) is 24.3 Å². The summed E-state index contributed by atoms with van der Waals surface area (Å²) in [6, 6.07) is 5.52. The number of hydrogen-bond acceptors (Lipinski definition) is 5. The number of nitrogens with one attached hydrogen (secondary N) is 2. The Labute approximate surface area is 138 Å². The number of piperidine rings is 1. The van der Waals surface area contributed by atoms with E-state index in [0.29, 0.717) is 12.5 Å². The van der Waals surface area contributed by atoms with E-state index < -0.39 is 19.9 Å². The van der Waals surface area contributed by atoms with Gasteiger partial charge >= 0.3 is 0 Å². The molecule has 1 fully saturated rings. The molecule has 0 amide bonds. The number of rotatable bonds is 7. The minimum Gasteiger partial charge on any atom is -0.316 e. The predicted octanol–water partition coefficient (Wildman–Crippen LogP) is 1.15. The zero-order valence-corrected chi connectivity index (χ0v) is 14.9. The van der Waals surface area contributed by atoms with Crippen LogP contribution in [0.4, 0.5) is 0 Å². The fourth-order valence-electron chi connectivity index (χ4n) is 2.65. The molecule has 8 heteroatoms. The van der Waals surface area contributed by atoms with Crippen molar-refractivity contribution in [2.45, 2.75) is 36.0 Å². The van der Waals surface area contributed by atoms with Gasteiger partial charge in [-0.3, -0.25) is 0 Å². The first-order valence-corrected chi connectivity index (χ1v) is 11.0. The zero-order chi connectivity index (χ0) is 16.9. The molecule has 2 rings (SSSR count). The van der Waals surface area contributed by atoms with Crippen LogP contribution >= 0.6 is 0 Å². The molecule has 0 aromatic heterocycles. The zero-order valence-electron chi connectivity index (χ0n) is 13.3. The Hall–Kier alpha value is -0.960. The first-order valence-electron chi connectivity index (χ1n) is 7.88. The molecule has 1 heterocycles. The third-order valence-electron chi connectivity index (χ3n) is 4.10. The van der Waals surface area contributed by atoms with Crippen molar-refractivity contribution in [2.24, 2.45) is 5.92 Å². The maximum absolute atomic E-state index is 12.3. The van der Waals surface area contributed by atoms with Gasteiger partial charge in [-0.25, -0.2) is 21.6 Å².